The molecular formula is C17H17NOS. The third-order valence-electron chi connectivity index (χ3n) is 4.11. The summed E-state index contributed by atoms with van der Waals surface area (Å²) in [4.78, 5) is 2.02. The van der Waals surface area contributed by atoms with Crippen LogP contribution in [-0.2, 0) is 10.3 Å². The molecule has 1 heterocycles. The van der Waals surface area contributed by atoms with Crippen molar-refractivity contribution in [3.8, 4) is 0 Å². The zero-order valence-corrected chi connectivity index (χ0v) is 12.4. The predicted molar refractivity (Wildman–Crippen MR) is 84.6 cm³/mol. The lowest BCUT2D eigenvalue weighted by Crippen LogP contribution is -2.40. The van der Waals surface area contributed by atoms with Crippen molar-refractivity contribution in [2.75, 3.05) is 7.05 Å². The first-order chi connectivity index (χ1) is 9.66. The molecule has 0 bridgehead atoms. The van der Waals surface area contributed by atoms with Crippen molar-refractivity contribution in [2.45, 2.75) is 18.6 Å². The standard InChI is InChI=1S/C17H17NOS/c1-13-17(19-16(20)18(13)2,14-9-5-3-6-10-14)15-11-7-4-8-12-15/h3-13H,1-2H3. The van der Waals surface area contributed by atoms with Crippen LogP contribution in [0.5, 0.6) is 0 Å². The van der Waals surface area contributed by atoms with Gasteiger partial charge in [0.05, 0.1) is 6.04 Å². The third kappa shape index (κ3) is 1.81. The molecule has 0 saturated carbocycles. The lowest BCUT2D eigenvalue weighted by atomic mass is 9.81. The smallest absolute Gasteiger partial charge is 0.260 e. The Morgan fingerprint density at radius 2 is 1.40 bits per heavy atom. The minimum Gasteiger partial charge on any atom is -0.452 e. The number of hydrogen-bond donors (Lipinski definition) is 0. The lowest BCUT2D eigenvalue weighted by molar-refractivity contribution is 0.105. The fourth-order valence-corrected chi connectivity index (χ4v) is 3.15. The monoisotopic (exact) mass is 283 g/mol. The van der Waals surface area contributed by atoms with Gasteiger partial charge in [-0.2, -0.15) is 0 Å². The molecule has 3 rings (SSSR count). The molecule has 1 atom stereocenters. The number of ether oxygens (including phenoxy) is 1. The quantitative estimate of drug-likeness (QED) is 0.782. The number of thiocarbonyl (C=S) groups is 1. The molecule has 3 heteroatoms. The van der Waals surface area contributed by atoms with Crippen LogP contribution in [0.2, 0.25) is 0 Å². The molecular weight excluding hydrogens is 266 g/mol. The molecule has 2 aromatic carbocycles. The summed E-state index contributed by atoms with van der Waals surface area (Å²) in [6, 6.07) is 20.7. The molecule has 2 nitrogen and oxygen atoms in total. The van der Waals surface area contributed by atoms with Crippen LogP contribution in [0.4, 0.5) is 0 Å². The van der Waals surface area contributed by atoms with E-state index >= 15 is 0 Å². The molecule has 1 aliphatic rings. The highest BCUT2D eigenvalue weighted by molar-refractivity contribution is 7.80. The first kappa shape index (κ1) is 13.1. The second-order valence-electron chi connectivity index (χ2n) is 5.12. The fraction of sp³-hybridized carbons (Fsp3) is 0.235. The maximum atomic E-state index is 6.20. The van der Waals surface area contributed by atoms with Crippen molar-refractivity contribution in [2.24, 2.45) is 0 Å². The van der Waals surface area contributed by atoms with Gasteiger partial charge in [-0.3, -0.25) is 0 Å². The molecule has 0 N–H and O–H groups in total. The van der Waals surface area contributed by atoms with Crippen LogP contribution in [0.1, 0.15) is 18.1 Å². The van der Waals surface area contributed by atoms with Crippen molar-refractivity contribution in [3.63, 3.8) is 0 Å². The summed E-state index contributed by atoms with van der Waals surface area (Å²) < 4.78 is 6.20. The van der Waals surface area contributed by atoms with E-state index in [1.54, 1.807) is 0 Å². The molecule has 20 heavy (non-hydrogen) atoms. The van der Waals surface area contributed by atoms with E-state index in [2.05, 4.69) is 31.2 Å². The Hall–Kier alpha value is -1.87. The van der Waals surface area contributed by atoms with Crippen molar-refractivity contribution >= 4 is 17.4 Å². The summed E-state index contributed by atoms with van der Waals surface area (Å²) in [5, 5.41) is 0.546. The summed E-state index contributed by atoms with van der Waals surface area (Å²) in [7, 11) is 1.99. The SMILES string of the molecule is CC1N(C)C(=S)OC1(c1ccccc1)c1ccccc1. The van der Waals surface area contributed by atoms with Crippen LogP contribution < -0.4 is 0 Å². The van der Waals surface area contributed by atoms with Crippen molar-refractivity contribution in [1.29, 1.82) is 0 Å². The van der Waals surface area contributed by atoms with Gasteiger partial charge in [-0.15, -0.1) is 0 Å². The van der Waals surface area contributed by atoms with Crippen molar-refractivity contribution in [3.05, 3.63) is 71.8 Å². The maximum Gasteiger partial charge on any atom is 0.260 e. The highest BCUT2D eigenvalue weighted by Crippen LogP contribution is 2.43. The summed E-state index contributed by atoms with van der Waals surface area (Å²) in [6.07, 6.45) is 0. The van der Waals surface area contributed by atoms with Gasteiger partial charge in [-0.1, -0.05) is 60.7 Å². The zero-order valence-electron chi connectivity index (χ0n) is 11.6. The Balaban J connectivity index is 2.22. The molecule has 102 valence electrons. The molecule has 1 saturated heterocycles. The highest BCUT2D eigenvalue weighted by Gasteiger charge is 2.50. The molecule has 1 fully saturated rings. The van der Waals surface area contributed by atoms with E-state index in [4.69, 9.17) is 17.0 Å². The molecule has 2 aromatic rings. The van der Waals surface area contributed by atoms with Gasteiger partial charge < -0.3 is 9.64 Å². The Labute approximate surface area is 125 Å². The van der Waals surface area contributed by atoms with Crippen LogP contribution >= 0.6 is 12.2 Å². The number of rotatable bonds is 2. The highest BCUT2D eigenvalue weighted by atomic mass is 32.1. The van der Waals surface area contributed by atoms with E-state index in [-0.39, 0.29) is 6.04 Å². The van der Waals surface area contributed by atoms with Crippen LogP contribution in [0.15, 0.2) is 60.7 Å². The minimum atomic E-state index is -0.533. The largest absolute Gasteiger partial charge is 0.452 e. The zero-order chi connectivity index (χ0) is 14.2. The second-order valence-corrected chi connectivity index (χ2v) is 5.47. The van der Waals surface area contributed by atoms with Gasteiger partial charge in [0.2, 0.25) is 0 Å². The van der Waals surface area contributed by atoms with E-state index < -0.39 is 5.60 Å². The maximum absolute atomic E-state index is 6.20. The van der Waals surface area contributed by atoms with E-state index in [0.29, 0.717) is 5.17 Å². The van der Waals surface area contributed by atoms with Crippen molar-refractivity contribution in [1.82, 2.24) is 4.90 Å². The first-order valence-corrected chi connectivity index (χ1v) is 7.14. The topological polar surface area (TPSA) is 12.5 Å². The van der Waals surface area contributed by atoms with Gasteiger partial charge in [0.25, 0.3) is 5.17 Å². The molecule has 0 aromatic heterocycles. The van der Waals surface area contributed by atoms with E-state index in [0.717, 1.165) is 11.1 Å². The fourth-order valence-electron chi connectivity index (χ4n) is 2.86. The average molecular weight is 283 g/mol. The number of likely N-dealkylation sites (N-methyl/N-ethyl adjacent to an activating group) is 1. The lowest BCUT2D eigenvalue weighted by Gasteiger charge is -2.33. The molecule has 0 spiro atoms. The normalized spacial score (nSPS) is 20.8. The van der Waals surface area contributed by atoms with E-state index in [9.17, 15) is 0 Å². The Morgan fingerprint density at radius 3 is 1.75 bits per heavy atom. The summed E-state index contributed by atoms with van der Waals surface area (Å²) in [5.74, 6) is 0. The first-order valence-electron chi connectivity index (χ1n) is 6.73. The number of hydrogen-bond acceptors (Lipinski definition) is 2. The average Bonchev–Trinajstić information content (AvgIpc) is 2.74. The van der Waals surface area contributed by atoms with Crippen molar-refractivity contribution < 1.29 is 4.74 Å². The van der Waals surface area contributed by atoms with Gasteiger partial charge in [0.15, 0.2) is 5.60 Å². The Kier molecular flexibility index (Phi) is 3.22. The molecule has 1 aliphatic heterocycles. The predicted octanol–water partition coefficient (Wildman–Crippen LogP) is 3.57. The van der Waals surface area contributed by atoms with Crippen LogP contribution in [-0.4, -0.2) is 23.2 Å². The summed E-state index contributed by atoms with van der Waals surface area (Å²) in [5.41, 5.74) is 1.73. The van der Waals surface area contributed by atoms with E-state index in [1.807, 2.05) is 48.3 Å². The van der Waals surface area contributed by atoms with E-state index in [1.165, 1.54) is 0 Å². The van der Waals surface area contributed by atoms with Gasteiger partial charge in [-0.05, 0) is 19.1 Å². The van der Waals surface area contributed by atoms with Crippen LogP contribution in [0.3, 0.4) is 0 Å². The van der Waals surface area contributed by atoms with Crippen LogP contribution in [0, 0.1) is 0 Å². The van der Waals surface area contributed by atoms with Crippen LogP contribution in [0.25, 0.3) is 0 Å². The van der Waals surface area contributed by atoms with Gasteiger partial charge in [-0.25, -0.2) is 0 Å². The van der Waals surface area contributed by atoms with Gasteiger partial charge >= 0.3 is 0 Å². The number of benzene rings is 2. The third-order valence-corrected chi connectivity index (χ3v) is 4.48. The summed E-state index contributed by atoms with van der Waals surface area (Å²) in [6.45, 7) is 2.15. The molecule has 0 amide bonds. The number of nitrogens with zero attached hydrogens (tertiary/aromatic N) is 1. The molecule has 0 aliphatic carbocycles. The van der Waals surface area contributed by atoms with Gasteiger partial charge in [0.1, 0.15) is 0 Å². The molecule has 0 radical (unpaired) electrons. The summed E-state index contributed by atoms with van der Waals surface area (Å²) >= 11 is 5.37. The minimum absolute atomic E-state index is 0.139. The Morgan fingerprint density at radius 1 is 0.950 bits per heavy atom. The second kappa shape index (κ2) is 4.91. The Bertz CT molecular complexity index is 572. The van der Waals surface area contributed by atoms with Gasteiger partial charge in [0, 0.05) is 18.2 Å². The molecule has 1 unspecified atom stereocenters.